The number of ether oxygens (including phenoxy) is 1. The maximum atomic E-state index is 11.1. The summed E-state index contributed by atoms with van der Waals surface area (Å²) in [4.78, 5) is 13.3. The molecule has 1 amide bonds. The minimum Gasteiger partial charge on any atom is -0.395 e. The van der Waals surface area contributed by atoms with Crippen molar-refractivity contribution >= 4 is 5.91 Å². The van der Waals surface area contributed by atoms with Crippen LogP contribution in [0, 0.1) is 6.92 Å². The van der Waals surface area contributed by atoms with Crippen LogP contribution in [0.1, 0.15) is 21.5 Å². The van der Waals surface area contributed by atoms with E-state index in [4.69, 9.17) is 10.5 Å². The molecule has 2 rings (SSSR count). The minimum atomic E-state index is -0.408. The molecule has 1 unspecified atom stereocenters. The predicted octanol–water partition coefficient (Wildman–Crippen LogP) is 0.287. The van der Waals surface area contributed by atoms with E-state index < -0.39 is 5.91 Å². The normalized spacial score (nSPS) is 20.4. The van der Waals surface area contributed by atoms with Crippen molar-refractivity contribution in [2.75, 3.05) is 26.4 Å². The summed E-state index contributed by atoms with van der Waals surface area (Å²) in [5.41, 5.74) is 7.98. The second-order valence-corrected chi connectivity index (χ2v) is 4.89. The van der Waals surface area contributed by atoms with Gasteiger partial charge < -0.3 is 15.6 Å². The number of aliphatic hydroxyl groups excluding tert-OH is 1. The van der Waals surface area contributed by atoms with Crippen molar-refractivity contribution in [2.24, 2.45) is 5.73 Å². The van der Waals surface area contributed by atoms with Crippen molar-refractivity contribution in [3.05, 3.63) is 34.9 Å². The van der Waals surface area contributed by atoms with Crippen LogP contribution in [0.5, 0.6) is 0 Å². The molecule has 0 spiro atoms. The summed E-state index contributed by atoms with van der Waals surface area (Å²) in [6.45, 7) is 4.88. The van der Waals surface area contributed by atoms with Crippen LogP contribution in [0.2, 0.25) is 0 Å². The number of benzene rings is 1. The maximum absolute atomic E-state index is 11.1. The molecule has 1 aromatic carbocycles. The van der Waals surface area contributed by atoms with E-state index in [1.54, 1.807) is 6.07 Å². The topological polar surface area (TPSA) is 75.8 Å². The molecule has 5 heteroatoms. The highest BCUT2D eigenvalue weighted by Gasteiger charge is 2.22. The molecule has 104 valence electrons. The van der Waals surface area contributed by atoms with Crippen LogP contribution in [-0.2, 0) is 11.3 Å². The summed E-state index contributed by atoms with van der Waals surface area (Å²) in [7, 11) is 0. The number of morpholine rings is 1. The molecule has 1 saturated heterocycles. The van der Waals surface area contributed by atoms with Gasteiger partial charge in [-0.2, -0.15) is 0 Å². The molecule has 1 atom stereocenters. The number of aliphatic hydroxyl groups is 1. The Bertz CT molecular complexity index is 462. The summed E-state index contributed by atoms with van der Waals surface area (Å²) in [5, 5.41) is 9.34. The smallest absolute Gasteiger partial charge is 0.248 e. The van der Waals surface area contributed by atoms with E-state index >= 15 is 0 Å². The van der Waals surface area contributed by atoms with E-state index in [9.17, 15) is 9.90 Å². The van der Waals surface area contributed by atoms with Crippen LogP contribution in [0.15, 0.2) is 18.2 Å². The predicted molar refractivity (Wildman–Crippen MR) is 71.8 cm³/mol. The third-order valence-corrected chi connectivity index (χ3v) is 3.56. The van der Waals surface area contributed by atoms with Gasteiger partial charge in [0.15, 0.2) is 0 Å². The van der Waals surface area contributed by atoms with Crippen molar-refractivity contribution < 1.29 is 14.6 Å². The third kappa shape index (κ3) is 3.32. The number of aryl methyl sites for hydroxylation is 1. The first kappa shape index (κ1) is 14.0. The Morgan fingerprint density at radius 1 is 1.58 bits per heavy atom. The molecule has 1 heterocycles. The van der Waals surface area contributed by atoms with Crippen LogP contribution >= 0.6 is 0 Å². The number of carbonyl (C=O) groups excluding carboxylic acids is 1. The van der Waals surface area contributed by atoms with E-state index in [0.717, 1.165) is 24.2 Å². The van der Waals surface area contributed by atoms with Crippen molar-refractivity contribution in [3.8, 4) is 0 Å². The quantitative estimate of drug-likeness (QED) is 0.819. The molecule has 5 nitrogen and oxygen atoms in total. The van der Waals surface area contributed by atoms with E-state index in [1.807, 2.05) is 19.1 Å². The maximum Gasteiger partial charge on any atom is 0.248 e. The number of primary amides is 1. The Morgan fingerprint density at radius 2 is 2.37 bits per heavy atom. The summed E-state index contributed by atoms with van der Waals surface area (Å²) < 4.78 is 5.36. The highest BCUT2D eigenvalue weighted by atomic mass is 16.5. The van der Waals surface area contributed by atoms with Crippen LogP contribution < -0.4 is 5.73 Å². The summed E-state index contributed by atoms with van der Waals surface area (Å²) in [6, 6.07) is 5.54. The molecule has 19 heavy (non-hydrogen) atoms. The van der Waals surface area contributed by atoms with Crippen molar-refractivity contribution in [1.82, 2.24) is 4.90 Å². The van der Waals surface area contributed by atoms with Gasteiger partial charge in [0.25, 0.3) is 0 Å². The van der Waals surface area contributed by atoms with Gasteiger partial charge in [0.1, 0.15) is 0 Å². The van der Waals surface area contributed by atoms with Crippen LogP contribution in [-0.4, -0.2) is 48.3 Å². The molecule has 1 aliphatic rings. The number of nitrogens with zero attached hydrogens (tertiary/aromatic N) is 1. The second kappa shape index (κ2) is 6.14. The van der Waals surface area contributed by atoms with Gasteiger partial charge in [-0.15, -0.1) is 0 Å². The molecular weight excluding hydrogens is 244 g/mol. The lowest BCUT2D eigenvalue weighted by molar-refractivity contribution is -0.0313. The van der Waals surface area contributed by atoms with E-state index in [2.05, 4.69) is 4.90 Å². The Hall–Kier alpha value is -1.43. The van der Waals surface area contributed by atoms with E-state index in [-0.39, 0.29) is 12.6 Å². The fourth-order valence-electron chi connectivity index (χ4n) is 2.31. The second-order valence-electron chi connectivity index (χ2n) is 4.89. The first-order chi connectivity index (χ1) is 9.11. The number of amides is 1. The van der Waals surface area contributed by atoms with Gasteiger partial charge >= 0.3 is 0 Å². The van der Waals surface area contributed by atoms with Crippen LogP contribution in [0.4, 0.5) is 0 Å². The molecule has 0 radical (unpaired) electrons. The Morgan fingerprint density at radius 3 is 3.00 bits per heavy atom. The lowest BCUT2D eigenvalue weighted by Gasteiger charge is -2.34. The Labute approximate surface area is 113 Å². The average Bonchev–Trinajstić information content (AvgIpc) is 2.41. The molecule has 0 bridgehead atoms. The van der Waals surface area contributed by atoms with Gasteiger partial charge in [-0.1, -0.05) is 6.07 Å². The largest absolute Gasteiger partial charge is 0.395 e. The van der Waals surface area contributed by atoms with Gasteiger partial charge in [0.2, 0.25) is 5.91 Å². The molecule has 0 aromatic heterocycles. The molecule has 1 aromatic rings. The summed E-state index contributed by atoms with van der Waals surface area (Å²) in [5.74, 6) is -0.408. The first-order valence-corrected chi connectivity index (χ1v) is 6.44. The number of carbonyl (C=O) groups is 1. The van der Waals surface area contributed by atoms with Gasteiger partial charge in [0.05, 0.1) is 25.9 Å². The fraction of sp³-hybridized carbons (Fsp3) is 0.500. The summed E-state index contributed by atoms with van der Waals surface area (Å²) >= 11 is 0. The average molecular weight is 264 g/mol. The van der Waals surface area contributed by atoms with Crippen molar-refractivity contribution in [1.29, 1.82) is 0 Å². The fourth-order valence-corrected chi connectivity index (χ4v) is 2.31. The molecule has 1 fully saturated rings. The zero-order valence-electron chi connectivity index (χ0n) is 11.1. The molecular formula is C14H20N2O3. The number of nitrogens with two attached hydrogens (primary N) is 1. The number of hydrogen-bond donors (Lipinski definition) is 2. The highest BCUT2D eigenvalue weighted by molar-refractivity contribution is 5.93. The lowest BCUT2D eigenvalue weighted by atomic mass is 10.0. The molecule has 0 saturated carbocycles. The van der Waals surface area contributed by atoms with Gasteiger partial charge in [-0.05, 0) is 30.2 Å². The monoisotopic (exact) mass is 264 g/mol. The zero-order chi connectivity index (χ0) is 13.8. The number of hydrogen-bond acceptors (Lipinski definition) is 4. The van der Waals surface area contributed by atoms with Crippen molar-refractivity contribution in [3.63, 3.8) is 0 Å². The SMILES string of the molecule is Cc1cc(C(N)=O)ccc1CN1CCOCC1CO. The third-order valence-electron chi connectivity index (χ3n) is 3.56. The molecule has 0 aliphatic carbocycles. The first-order valence-electron chi connectivity index (χ1n) is 6.44. The highest BCUT2D eigenvalue weighted by Crippen LogP contribution is 2.16. The standard InChI is InChI=1S/C14H20N2O3/c1-10-6-11(14(15)18)2-3-12(10)7-16-4-5-19-9-13(16)8-17/h2-3,6,13,17H,4-5,7-9H2,1H3,(H2,15,18). The Balaban J connectivity index is 2.11. The lowest BCUT2D eigenvalue weighted by Crippen LogP contribution is -2.46. The van der Waals surface area contributed by atoms with Gasteiger partial charge in [-0.3, -0.25) is 9.69 Å². The minimum absolute atomic E-state index is 0.0453. The molecule has 1 aliphatic heterocycles. The summed E-state index contributed by atoms with van der Waals surface area (Å²) in [6.07, 6.45) is 0. The molecule has 3 N–H and O–H groups in total. The number of rotatable bonds is 4. The van der Waals surface area contributed by atoms with Crippen LogP contribution in [0.3, 0.4) is 0 Å². The zero-order valence-corrected chi connectivity index (χ0v) is 11.1. The Kier molecular flexibility index (Phi) is 4.52. The van der Waals surface area contributed by atoms with E-state index in [0.29, 0.717) is 18.8 Å². The van der Waals surface area contributed by atoms with Gasteiger partial charge in [-0.25, -0.2) is 0 Å². The van der Waals surface area contributed by atoms with Crippen LogP contribution in [0.25, 0.3) is 0 Å². The van der Waals surface area contributed by atoms with E-state index in [1.165, 1.54) is 0 Å². The van der Waals surface area contributed by atoms with Crippen molar-refractivity contribution in [2.45, 2.75) is 19.5 Å². The van der Waals surface area contributed by atoms with Gasteiger partial charge in [0, 0.05) is 18.7 Å².